The maximum absolute atomic E-state index is 12.4. The fraction of sp³-hybridized carbons (Fsp3) is 0.357. The van der Waals surface area contributed by atoms with E-state index in [2.05, 4.69) is 15.5 Å². The molecule has 3 N–H and O–H groups in total. The van der Waals surface area contributed by atoms with Crippen LogP contribution in [-0.4, -0.2) is 34.9 Å². The van der Waals surface area contributed by atoms with Gasteiger partial charge in [-0.1, -0.05) is 34.7 Å². The highest BCUT2D eigenvalue weighted by Gasteiger charge is 2.35. The van der Waals surface area contributed by atoms with E-state index in [-0.39, 0.29) is 18.3 Å². The van der Waals surface area contributed by atoms with Gasteiger partial charge in [-0.15, -0.1) is 22.6 Å². The number of hydrogen-bond donors (Lipinski definition) is 2. The summed E-state index contributed by atoms with van der Waals surface area (Å²) >= 11 is 9.16. The summed E-state index contributed by atoms with van der Waals surface area (Å²) < 4.78 is 6.07. The van der Waals surface area contributed by atoms with E-state index in [1.54, 1.807) is 17.6 Å². The zero-order valence-corrected chi connectivity index (χ0v) is 15.7. The van der Waals surface area contributed by atoms with Crippen molar-refractivity contribution in [3.05, 3.63) is 28.7 Å². The van der Waals surface area contributed by atoms with Crippen LogP contribution in [-0.2, 0) is 9.53 Å². The standard InChI is InChI=1S/C14H15ClN4O2S2.ClH/c15-10-7-9(1-2-11(10)23-13-19-17-8-22-13)18-12(20)14(16)3-5-21-6-4-14;/h1-2,7-8H,3-6,16H2,(H,18,20);1H. The Labute approximate surface area is 158 Å². The molecule has 130 valence electrons. The van der Waals surface area contributed by atoms with E-state index in [1.165, 1.54) is 23.1 Å². The van der Waals surface area contributed by atoms with Crippen LogP contribution in [0.3, 0.4) is 0 Å². The monoisotopic (exact) mass is 406 g/mol. The molecule has 1 amide bonds. The third-order valence-corrected chi connectivity index (χ3v) is 5.84. The minimum atomic E-state index is -0.884. The molecule has 1 aromatic heterocycles. The van der Waals surface area contributed by atoms with Crippen LogP contribution < -0.4 is 11.1 Å². The van der Waals surface area contributed by atoms with Gasteiger partial charge < -0.3 is 15.8 Å². The van der Waals surface area contributed by atoms with Crippen molar-refractivity contribution in [2.75, 3.05) is 18.5 Å². The summed E-state index contributed by atoms with van der Waals surface area (Å²) in [6, 6.07) is 5.36. The normalized spacial score (nSPS) is 16.2. The second-order valence-electron chi connectivity index (χ2n) is 5.17. The predicted octanol–water partition coefficient (Wildman–Crippen LogP) is 3.21. The quantitative estimate of drug-likeness (QED) is 0.809. The molecule has 0 spiro atoms. The van der Waals surface area contributed by atoms with Crippen molar-refractivity contribution in [1.82, 2.24) is 10.2 Å². The number of carbonyl (C=O) groups excluding carboxylic acids is 1. The summed E-state index contributed by atoms with van der Waals surface area (Å²) in [4.78, 5) is 13.2. The van der Waals surface area contributed by atoms with Crippen LogP contribution in [0.1, 0.15) is 12.8 Å². The Bertz CT molecular complexity index is 694. The van der Waals surface area contributed by atoms with Gasteiger partial charge in [0.05, 0.1) is 5.02 Å². The second kappa shape index (κ2) is 8.46. The highest BCUT2D eigenvalue weighted by atomic mass is 35.5. The molecule has 0 unspecified atom stereocenters. The molecule has 2 heterocycles. The van der Waals surface area contributed by atoms with Crippen LogP contribution in [0.4, 0.5) is 5.69 Å². The minimum Gasteiger partial charge on any atom is -0.381 e. The van der Waals surface area contributed by atoms with E-state index in [0.29, 0.717) is 36.8 Å². The van der Waals surface area contributed by atoms with Gasteiger partial charge in [-0.2, -0.15) is 0 Å². The van der Waals surface area contributed by atoms with E-state index in [0.717, 1.165) is 9.24 Å². The Morgan fingerprint density at radius 1 is 1.42 bits per heavy atom. The summed E-state index contributed by atoms with van der Waals surface area (Å²) in [5, 5.41) is 11.1. The van der Waals surface area contributed by atoms with Crippen molar-refractivity contribution in [1.29, 1.82) is 0 Å². The fourth-order valence-corrected chi connectivity index (χ4v) is 3.92. The number of rotatable bonds is 4. The molecule has 0 radical (unpaired) electrons. The Kier molecular flexibility index (Phi) is 6.85. The lowest BCUT2D eigenvalue weighted by atomic mass is 9.90. The van der Waals surface area contributed by atoms with Crippen LogP contribution in [0.15, 0.2) is 32.9 Å². The first-order valence-corrected chi connectivity index (χ1v) is 9.06. The fourth-order valence-electron chi connectivity index (χ4n) is 2.18. The van der Waals surface area contributed by atoms with E-state index in [4.69, 9.17) is 22.1 Å². The molecular formula is C14H16Cl2N4O2S2. The number of carbonyl (C=O) groups is 1. The van der Waals surface area contributed by atoms with Crippen LogP contribution in [0, 0.1) is 0 Å². The average molecular weight is 407 g/mol. The van der Waals surface area contributed by atoms with Crippen molar-refractivity contribution < 1.29 is 9.53 Å². The van der Waals surface area contributed by atoms with Crippen molar-refractivity contribution in [3.8, 4) is 0 Å². The molecule has 0 saturated carbocycles. The van der Waals surface area contributed by atoms with Crippen molar-refractivity contribution in [2.24, 2.45) is 5.73 Å². The molecule has 1 aliphatic heterocycles. The van der Waals surface area contributed by atoms with Gasteiger partial charge in [0.2, 0.25) is 5.91 Å². The molecule has 2 aromatic rings. The minimum absolute atomic E-state index is 0. The Morgan fingerprint density at radius 2 is 2.17 bits per heavy atom. The lowest BCUT2D eigenvalue weighted by Crippen LogP contribution is -2.54. The summed E-state index contributed by atoms with van der Waals surface area (Å²) in [6.07, 6.45) is 1.02. The lowest BCUT2D eigenvalue weighted by Gasteiger charge is -2.31. The van der Waals surface area contributed by atoms with Gasteiger partial charge in [-0.05, 0) is 31.0 Å². The number of hydrogen-bond acceptors (Lipinski definition) is 7. The summed E-state index contributed by atoms with van der Waals surface area (Å²) in [6.45, 7) is 1.00. The molecule has 3 rings (SSSR count). The van der Waals surface area contributed by atoms with Gasteiger partial charge in [0.15, 0.2) is 4.34 Å². The topological polar surface area (TPSA) is 90.1 Å². The molecule has 10 heteroatoms. The third kappa shape index (κ3) is 4.59. The largest absolute Gasteiger partial charge is 0.381 e. The van der Waals surface area contributed by atoms with Gasteiger partial charge in [-0.3, -0.25) is 4.79 Å². The molecule has 0 bridgehead atoms. The van der Waals surface area contributed by atoms with Gasteiger partial charge >= 0.3 is 0 Å². The number of nitrogens with two attached hydrogens (primary N) is 1. The maximum atomic E-state index is 12.4. The summed E-state index contributed by atoms with van der Waals surface area (Å²) in [7, 11) is 0. The molecule has 6 nitrogen and oxygen atoms in total. The molecule has 0 aliphatic carbocycles. The van der Waals surface area contributed by atoms with Gasteiger partial charge in [0, 0.05) is 23.8 Å². The second-order valence-corrected chi connectivity index (χ2v) is 7.70. The summed E-state index contributed by atoms with van der Waals surface area (Å²) in [5.41, 5.74) is 7.57. The van der Waals surface area contributed by atoms with Crippen LogP contribution >= 0.6 is 47.1 Å². The number of amides is 1. The highest BCUT2D eigenvalue weighted by Crippen LogP contribution is 2.35. The zero-order chi connectivity index (χ0) is 16.3. The number of aromatic nitrogens is 2. The maximum Gasteiger partial charge on any atom is 0.244 e. The molecule has 1 saturated heterocycles. The zero-order valence-electron chi connectivity index (χ0n) is 12.5. The SMILES string of the molecule is Cl.NC1(C(=O)Nc2ccc(Sc3nncs3)c(Cl)c2)CCOCC1. The number of nitrogens with zero attached hydrogens (tertiary/aromatic N) is 2. The highest BCUT2D eigenvalue weighted by molar-refractivity contribution is 8.01. The van der Waals surface area contributed by atoms with E-state index in [1.807, 2.05) is 6.07 Å². The number of halogens is 2. The van der Waals surface area contributed by atoms with E-state index in [9.17, 15) is 4.79 Å². The van der Waals surface area contributed by atoms with Crippen LogP contribution in [0.2, 0.25) is 5.02 Å². The number of nitrogens with one attached hydrogen (secondary N) is 1. The van der Waals surface area contributed by atoms with Crippen LogP contribution in [0.5, 0.6) is 0 Å². The first-order valence-electron chi connectivity index (χ1n) is 6.98. The first kappa shape index (κ1) is 19.4. The predicted molar refractivity (Wildman–Crippen MR) is 98.3 cm³/mol. The third-order valence-electron chi connectivity index (χ3n) is 3.56. The van der Waals surface area contributed by atoms with Gasteiger partial charge in [0.1, 0.15) is 11.0 Å². The Hall–Kier alpha value is -0.900. The van der Waals surface area contributed by atoms with E-state index >= 15 is 0 Å². The first-order chi connectivity index (χ1) is 11.1. The molecule has 1 aromatic carbocycles. The molecule has 0 atom stereocenters. The van der Waals surface area contributed by atoms with Crippen molar-refractivity contribution in [2.45, 2.75) is 27.6 Å². The molecule has 1 fully saturated rings. The smallest absolute Gasteiger partial charge is 0.244 e. The van der Waals surface area contributed by atoms with Crippen LogP contribution in [0.25, 0.3) is 0 Å². The van der Waals surface area contributed by atoms with Crippen molar-refractivity contribution >= 4 is 58.7 Å². The Morgan fingerprint density at radius 3 is 2.79 bits per heavy atom. The molecule has 1 aliphatic rings. The molecular weight excluding hydrogens is 391 g/mol. The molecule has 24 heavy (non-hydrogen) atoms. The number of benzene rings is 1. The van der Waals surface area contributed by atoms with E-state index < -0.39 is 5.54 Å². The van der Waals surface area contributed by atoms with Gasteiger partial charge in [0.25, 0.3) is 0 Å². The van der Waals surface area contributed by atoms with Gasteiger partial charge in [-0.25, -0.2) is 0 Å². The summed E-state index contributed by atoms with van der Waals surface area (Å²) in [5.74, 6) is -0.207. The average Bonchev–Trinajstić information content (AvgIpc) is 3.04. The van der Waals surface area contributed by atoms with Crippen molar-refractivity contribution in [3.63, 3.8) is 0 Å². The number of anilines is 1. The lowest BCUT2D eigenvalue weighted by molar-refractivity contribution is -0.124. The Balaban J connectivity index is 0.00000208. The number of ether oxygens (including phenoxy) is 1.